The largest absolute Gasteiger partial charge is 0.373 e. The minimum absolute atomic E-state index is 0. The van der Waals surface area contributed by atoms with Crippen molar-refractivity contribution in [3.8, 4) is 0 Å². The number of rotatable bonds is 3. The molecule has 148 valence electrons. The third-order valence-electron chi connectivity index (χ3n) is 6.02. The van der Waals surface area contributed by atoms with Gasteiger partial charge in [0.1, 0.15) is 0 Å². The van der Waals surface area contributed by atoms with Crippen molar-refractivity contribution in [3.63, 3.8) is 0 Å². The number of nitrogens with one attached hydrogen (secondary N) is 1. The summed E-state index contributed by atoms with van der Waals surface area (Å²) in [6.45, 7) is 8.99. The maximum atomic E-state index is 12.9. The zero-order chi connectivity index (χ0) is 16.7. The molecule has 2 aliphatic heterocycles. The standard InChI is InChI=1S/C18H28N4O2.2ClH/c1-13-9-14(2)22(20-13)12-15-11-21(7-8-24-15)17(23)16-10-18(16)3-5-19-6-4-18;;/h9,15-16,19H,3-8,10-12H2,1-2H3;2*1H. The number of ether oxygens (including phenoxy) is 1. The van der Waals surface area contributed by atoms with E-state index in [4.69, 9.17) is 4.74 Å². The molecular formula is C18H30Cl2N4O2. The SMILES string of the molecule is Cc1cc(C)n(CC2CN(C(=O)C3CC34CCNCC4)CCO2)n1.Cl.Cl. The molecule has 0 bridgehead atoms. The molecule has 1 N–H and O–H groups in total. The highest BCUT2D eigenvalue weighted by Crippen LogP contribution is 2.59. The number of hydrogen-bond donors (Lipinski definition) is 1. The molecule has 3 heterocycles. The Morgan fingerprint density at radius 3 is 2.73 bits per heavy atom. The number of piperidine rings is 1. The first-order valence-electron chi connectivity index (χ1n) is 9.20. The zero-order valence-corrected chi connectivity index (χ0v) is 17.2. The smallest absolute Gasteiger partial charge is 0.226 e. The first kappa shape index (κ1) is 21.5. The third-order valence-corrected chi connectivity index (χ3v) is 6.02. The lowest BCUT2D eigenvalue weighted by Gasteiger charge is -2.34. The summed E-state index contributed by atoms with van der Waals surface area (Å²) in [5, 5.41) is 7.92. The van der Waals surface area contributed by atoms with Crippen molar-refractivity contribution in [1.29, 1.82) is 0 Å². The lowest BCUT2D eigenvalue weighted by atomic mass is 9.91. The van der Waals surface area contributed by atoms with Crippen LogP contribution in [0.4, 0.5) is 0 Å². The molecule has 2 unspecified atom stereocenters. The maximum absolute atomic E-state index is 12.9. The molecule has 1 amide bonds. The Morgan fingerprint density at radius 2 is 2.08 bits per heavy atom. The van der Waals surface area contributed by atoms with E-state index in [1.807, 2.05) is 16.5 Å². The van der Waals surface area contributed by atoms with Gasteiger partial charge in [0.25, 0.3) is 0 Å². The second-order valence-electron chi connectivity index (χ2n) is 7.76. The van der Waals surface area contributed by atoms with Crippen molar-refractivity contribution in [1.82, 2.24) is 20.0 Å². The van der Waals surface area contributed by atoms with Crippen LogP contribution in [0.25, 0.3) is 0 Å². The second kappa shape index (κ2) is 8.46. The number of nitrogens with zero attached hydrogens (tertiary/aromatic N) is 3. The first-order valence-corrected chi connectivity index (χ1v) is 9.20. The van der Waals surface area contributed by atoms with Gasteiger partial charge >= 0.3 is 0 Å². The summed E-state index contributed by atoms with van der Waals surface area (Å²) in [6.07, 6.45) is 3.45. The summed E-state index contributed by atoms with van der Waals surface area (Å²) >= 11 is 0. The molecule has 1 saturated carbocycles. The van der Waals surface area contributed by atoms with Crippen molar-refractivity contribution in [3.05, 3.63) is 17.5 Å². The molecule has 1 spiro atoms. The van der Waals surface area contributed by atoms with Gasteiger partial charge in [0.2, 0.25) is 5.91 Å². The predicted molar refractivity (Wildman–Crippen MR) is 105 cm³/mol. The van der Waals surface area contributed by atoms with Gasteiger partial charge in [-0.3, -0.25) is 9.48 Å². The summed E-state index contributed by atoms with van der Waals surface area (Å²) in [4.78, 5) is 15.0. The third kappa shape index (κ3) is 4.19. The summed E-state index contributed by atoms with van der Waals surface area (Å²) < 4.78 is 7.90. The number of carbonyl (C=O) groups excluding carboxylic acids is 1. The monoisotopic (exact) mass is 404 g/mol. The highest BCUT2D eigenvalue weighted by molar-refractivity contribution is 5.85. The van der Waals surface area contributed by atoms with E-state index in [1.54, 1.807) is 0 Å². The lowest BCUT2D eigenvalue weighted by Crippen LogP contribution is -2.48. The topological polar surface area (TPSA) is 59.4 Å². The van der Waals surface area contributed by atoms with Gasteiger partial charge in [-0.2, -0.15) is 5.10 Å². The maximum Gasteiger partial charge on any atom is 0.226 e. The number of halogens is 2. The van der Waals surface area contributed by atoms with Crippen molar-refractivity contribution in [2.45, 2.75) is 45.8 Å². The van der Waals surface area contributed by atoms with Gasteiger partial charge in [-0.15, -0.1) is 24.8 Å². The van der Waals surface area contributed by atoms with Crippen LogP contribution in [0.15, 0.2) is 6.07 Å². The van der Waals surface area contributed by atoms with Crippen LogP contribution in [0.2, 0.25) is 0 Å². The molecule has 0 radical (unpaired) electrons. The van der Waals surface area contributed by atoms with Gasteiger partial charge < -0.3 is 15.0 Å². The van der Waals surface area contributed by atoms with Crippen molar-refractivity contribution < 1.29 is 9.53 Å². The van der Waals surface area contributed by atoms with Gasteiger partial charge in [0.05, 0.1) is 24.9 Å². The number of morpholine rings is 1. The van der Waals surface area contributed by atoms with Crippen LogP contribution in [0.1, 0.15) is 30.7 Å². The second-order valence-corrected chi connectivity index (χ2v) is 7.76. The van der Waals surface area contributed by atoms with Crippen molar-refractivity contribution in [2.75, 3.05) is 32.8 Å². The Kier molecular flexibility index (Phi) is 6.99. The van der Waals surface area contributed by atoms with E-state index in [2.05, 4.69) is 23.4 Å². The van der Waals surface area contributed by atoms with E-state index in [9.17, 15) is 4.79 Å². The van der Waals surface area contributed by atoms with Gasteiger partial charge in [0, 0.05) is 24.7 Å². The van der Waals surface area contributed by atoms with Crippen LogP contribution in [-0.2, 0) is 16.1 Å². The van der Waals surface area contributed by atoms with E-state index in [0.717, 1.165) is 56.8 Å². The van der Waals surface area contributed by atoms with Gasteiger partial charge in [-0.25, -0.2) is 0 Å². The number of carbonyl (C=O) groups is 1. The van der Waals surface area contributed by atoms with Crippen LogP contribution < -0.4 is 5.32 Å². The van der Waals surface area contributed by atoms with Crippen molar-refractivity contribution in [2.24, 2.45) is 11.3 Å². The van der Waals surface area contributed by atoms with E-state index >= 15 is 0 Å². The van der Waals surface area contributed by atoms with Gasteiger partial charge in [-0.1, -0.05) is 0 Å². The fourth-order valence-electron chi connectivity index (χ4n) is 4.48. The molecule has 4 rings (SSSR count). The molecule has 26 heavy (non-hydrogen) atoms. The minimum Gasteiger partial charge on any atom is -0.373 e. The number of amides is 1. The van der Waals surface area contributed by atoms with E-state index in [0.29, 0.717) is 24.5 Å². The molecule has 1 aromatic heterocycles. The van der Waals surface area contributed by atoms with Crippen LogP contribution in [-0.4, -0.2) is 59.5 Å². The van der Waals surface area contributed by atoms with E-state index in [1.165, 1.54) is 0 Å². The first-order chi connectivity index (χ1) is 11.6. The number of hydrogen-bond acceptors (Lipinski definition) is 4. The molecule has 2 atom stereocenters. The summed E-state index contributed by atoms with van der Waals surface area (Å²) in [5.74, 6) is 0.616. The average molecular weight is 405 g/mol. The Hall–Kier alpha value is -0.820. The Labute approximate surface area is 167 Å². The van der Waals surface area contributed by atoms with Crippen LogP contribution >= 0.6 is 24.8 Å². The van der Waals surface area contributed by atoms with E-state index in [-0.39, 0.29) is 36.8 Å². The van der Waals surface area contributed by atoms with Crippen LogP contribution in [0.5, 0.6) is 0 Å². The lowest BCUT2D eigenvalue weighted by molar-refractivity contribution is -0.141. The van der Waals surface area contributed by atoms with Crippen LogP contribution in [0.3, 0.4) is 0 Å². The summed E-state index contributed by atoms with van der Waals surface area (Å²) in [6, 6.07) is 2.08. The molecule has 2 saturated heterocycles. The summed E-state index contributed by atoms with van der Waals surface area (Å²) in [7, 11) is 0. The van der Waals surface area contributed by atoms with E-state index < -0.39 is 0 Å². The van der Waals surface area contributed by atoms with Crippen LogP contribution in [0, 0.1) is 25.2 Å². The highest BCUT2D eigenvalue weighted by Gasteiger charge is 2.58. The minimum atomic E-state index is 0. The molecule has 1 aliphatic carbocycles. The Balaban J connectivity index is 0.00000121. The number of aryl methyl sites for hydroxylation is 2. The molecule has 1 aromatic rings. The predicted octanol–water partition coefficient (Wildman–Crippen LogP) is 1.96. The van der Waals surface area contributed by atoms with Gasteiger partial charge in [0.15, 0.2) is 0 Å². The molecule has 8 heteroatoms. The molecule has 6 nitrogen and oxygen atoms in total. The Morgan fingerprint density at radius 1 is 1.35 bits per heavy atom. The summed E-state index contributed by atoms with van der Waals surface area (Å²) in [5.41, 5.74) is 2.49. The quantitative estimate of drug-likeness (QED) is 0.836. The fraction of sp³-hybridized carbons (Fsp3) is 0.778. The normalized spacial score (nSPS) is 26.8. The molecule has 3 fully saturated rings. The van der Waals surface area contributed by atoms with Crippen molar-refractivity contribution >= 4 is 30.7 Å². The molecule has 0 aromatic carbocycles. The molecule has 3 aliphatic rings. The number of aromatic nitrogens is 2. The zero-order valence-electron chi connectivity index (χ0n) is 15.6. The molecular weight excluding hydrogens is 375 g/mol. The fourth-order valence-corrected chi connectivity index (χ4v) is 4.48. The Bertz CT molecular complexity index is 631. The highest BCUT2D eigenvalue weighted by atomic mass is 35.5. The average Bonchev–Trinajstić information content (AvgIpc) is 3.16. The van der Waals surface area contributed by atoms with Gasteiger partial charge in [-0.05, 0) is 57.7 Å².